The first-order valence-corrected chi connectivity index (χ1v) is 16.1. The van der Waals surface area contributed by atoms with E-state index in [1.807, 2.05) is 0 Å². The molecule has 0 aliphatic heterocycles. The number of amides is 1. The number of hydrogen-bond donors (Lipinski definition) is 3. The van der Waals surface area contributed by atoms with Gasteiger partial charge in [-0.25, -0.2) is 4.79 Å². The molecule has 0 unspecified atom stereocenters. The molecular formula is C34H53NO6. The minimum Gasteiger partial charge on any atom is -0.479 e. The lowest BCUT2D eigenvalue weighted by Crippen LogP contribution is -2.66. The monoisotopic (exact) mass is 571 g/mol. The first-order valence-electron chi connectivity index (χ1n) is 16.1. The maximum absolute atomic E-state index is 13.1. The van der Waals surface area contributed by atoms with Crippen LogP contribution in [0.1, 0.15) is 113 Å². The Kier molecular flexibility index (Phi) is 7.32. The van der Waals surface area contributed by atoms with Crippen LogP contribution in [0.25, 0.3) is 0 Å². The van der Waals surface area contributed by atoms with E-state index in [2.05, 4.69) is 54.5 Å². The van der Waals surface area contributed by atoms with Crippen molar-refractivity contribution in [2.45, 2.75) is 125 Å². The minimum absolute atomic E-state index is 0.0132. The van der Waals surface area contributed by atoms with Crippen LogP contribution in [0.5, 0.6) is 0 Å². The van der Waals surface area contributed by atoms with Crippen LogP contribution in [-0.2, 0) is 19.1 Å². The van der Waals surface area contributed by atoms with Crippen molar-refractivity contribution in [1.29, 1.82) is 0 Å². The molecular weight excluding hydrogens is 518 g/mol. The first-order chi connectivity index (χ1) is 19.0. The number of nitrogens with two attached hydrogens (primary N) is 1. The number of primary amides is 1. The summed E-state index contributed by atoms with van der Waals surface area (Å²) in [5.41, 5.74) is 7.23. The highest BCUT2D eigenvalue weighted by molar-refractivity contribution is 5.82. The van der Waals surface area contributed by atoms with Gasteiger partial charge in [0, 0.05) is 5.41 Å². The fraction of sp³-hybridized carbons (Fsp3) is 0.853. The Morgan fingerprint density at radius 1 is 0.976 bits per heavy atom. The van der Waals surface area contributed by atoms with Crippen molar-refractivity contribution in [2.75, 3.05) is 0 Å². The van der Waals surface area contributed by atoms with Gasteiger partial charge in [-0.2, -0.15) is 0 Å². The fourth-order valence-electron chi connectivity index (χ4n) is 11.5. The van der Waals surface area contributed by atoms with E-state index in [0.29, 0.717) is 23.7 Å². The van der Waals surface area contributed by atoms with Crippen molar-refractivity contribution in [3.63, 3.8) is 0 Å². The molecule has 0 aromatic carbocycles. The number of carboxylic acid groups (broad SMARTS) is 1. The number of fused-ring (bicyclic) bond motifs is 7. The number of carbonyl (C=O) groups is 3. The molecule has 4 saturated carbocycles. The number of carbonyl (C=O) groups excluding carboxylic acids is 2. The van der Waals surface area contributed by atoms with E-state index < -0.39 is 29.9 Å². The Bertz CT molecular complexity index is 1150. The molecule has 4 fully saturated rings. The fourth-order valence-corrected chi connectivity index (χ4v) is 11.5. The topological polar surface area (TPSA) is 127 Å². The molecule has 4 N–H and O–H groups in total. The summed E-state index contributed by atoms with van der Waals surface area (Å²) < 4.78 is 5.88. The van der Waals surface area contributed by atoms with Crippen LogP contribution in [0, 0.1) is 56.7 Å². The van der Waals surface area contributed by atoms with Gasteiger partial charge >= 0.3 is 11.9 Å². The molecule has 5 aliphatic carbocycles. The van der Waals surface area contributed by atoms with Crippen molar-refractivity contribution in [1.82, 2.24) is 0 Å². The summed E-state index contributed by atoms with van der Waals surface area (Å²) in [4.78, 5) is 36.8. The summed E-state index contributed by atoms with van der Waals surface area (Å²) in [6.07, 6.45) is 8.65. The third-order valence-electron chi connectivity index (χ3n) is 14.3. The molecule has 0 bridgehead atoms. The van der Waals surface area contributed by atoms with Crippen molar-refractivity contribution < 1.29 is 29.3 Å². The Labute approximate surface area is 246 Å². The Hall–Kier alpha value is -1.89. The second kappa shape index (κ2) is 9.82. The Balaban J connectivity index is 1.46. The van der Waals surface area contributed by atoms with Crippen LogP contribution in [0.2, 0.25) is 0 Å². The van der Waals surface area contributed by atoms with Crippen LogP contribution < -0.4 is 5.73 Å². The lowest BCUT2D eigenvalue weighted by molar-refractivity contribution is -0.214. The zero-order valence-corrected chi connectivity index (χ0v) is 26.3. The zero-order valence-electron chi connectivity index (χ0n) is 26.3. The SMILES string of the molecule is C[C@H]1[C@H](C)CC[C@]2(C(N)=O)CC[C@]3(C)C(=CC[C@@H]4[C@@]5(C)CC[C@H](OC(=O)C[C@H](O)C(=O)O)C(C)(C)[C@@H]5CC[C@]43C)[C@H]12. The minimum atomic E-state index is -1.74. The van der Waals surface area contributed by atoms with Crippen molar-refractivity contribution in [3.8, 4) is 0 Å². The van der Waals surface area contributed by atoms with Crippen molar-refractivity contribution >= 4 is 17.8 Å². The third kappa shape index (κ3) is 4.17. The molecule has 1 amide bonds. The van der Waals surface area contributed by atoms with Crippen LogP contribution in [-0.4, -0.2) is 40.3 Å². The maximum atomic E-state index is 13.1. The summed E-state index contributed by atoms with van der Waals surface area (Å²) >= 11 is 0. The second-order valence-corrected chi connectivity index (χ2v) is 16.1. The van der Waals surface area contributed by atoms with Crippen LogP contribution in [0.4, 0.5) is 0 Å². The second-order valence-electron chi connectivity index (χ2n) is 16.1. The van der Waals surface area contributed by atoms with E-state index in [0.717, 1.165) is 57.8 Å². The van der Waals surface area contributed by atoms with Crippen LogP contribution in [0.15, 0.2) is 11.6 Å². The average Bonchev–Trinajstić information content (AvgIpc) is 2.88. The predicted octanol–water partition coefficient (Wildman–Crippen LogP) is 5.88. The number of esters is 1. The van der Waals surface area contributed by atoms with Crippen molar-refractivity contribution in [2.24, 2.45) is 62.4 Å². The van der Waals surface area contributed by atoms with E-state index in [1.54, 1.807) is 0 Å². The number of allylic oxidation sites excluding steroid dienone is 2. The molecule has 0 aromatic heterocycles. The summed E-state index contributed by atoms with van der Waals surface area (Å²) in [5.74, 6) is -0.0980. The third-order valence-corrected chi connectivity index (χ3v) is 14.3. The largest absolute Gasteiger partial charge is 0.479 e. The van der Waals surface area contributed by atoms with Gasteiger partial charge in [-0.3, -0.25) is 9.59 Å². The highest BCUT2D eigenvalue weighted by Crippen LogP contribution is 2.75. The van der Waals surface area contributed by atoms with Gasteiger partial charge in [0.25, 0.3) is 0 Å². The number of hydrogen-bond acceptors (Lipinski definition) is 5. The highest BCUT2D eigenvalue weighted by atomic mass is 16.5. The van der Waals surface area contributed by atoms with Crippen molar-refractivity contribution in [3.05, 3.63) is 11.6 Å². The van der Waals surface area contributed by atoms with Gasteiger partial charge in [-0.15, -0.1) is 0 Å². The molecule has 0 radical (unpaired) electrons. The average molecular weight is 572 g/mol. The summed E-state index contributed by atoms with van der Waals surface area (Å²) in [7, 11) is 0. The van der Waals surface area contributed by atoms with Gasteiger partial charge in [-0.05, 0) is 104 Å². The Morgan fingerprint density at radius 2 is 1.66 bits per heavy atom. The summed E-state index contributed by atoms with van der Waals surface area (Å²) in [6, 6.07) is 0. The first kappa shape index (κ1) is 30.6. The standard InChI is InChI=1S/C34H53NO6/c1-19-10-15-34(29(35)40)17-16-32(6)21(27(34)20(19)2)8-9-24-31(5)13-12-25(41-26(37)18-22(36)28(38)39)30(3,4)23(31)11-14-33(24,32)7/h8,19-20,22-25,27,36H,9-18H2,1-7H3,(H2,35,40)(H,38,39)/t19-,20+,22+,23+,24-,25+,27+,31+,32-,33-,34+/m1/s1. The van der Waals surface area contributed by atoms with E-state index in [-0.39, 0.29) is 39.6 Å². The highest BCUT2D eigenvalue weighted by Gasteiger charge is 2.69. The van der Waals surface area contributed by atoms with Crippen LogP contribution in [0.3, 0.4) is 0 Å². The van der Waals surface area contributed by atoms with Gasteiger partial charge in [0.2, 0.25) is 5.91 Å². The molecule has 0 heterocycles. The number of aliphatic hydroxyl groups is 1. The number of ether oxygens (including phenoxy) is 1. The predicted molar refractivity (Wildman–Crippen MR) is 156 cm³/mol. The molecule has 5 aliphatic rings. The van der Waals surface area contributed by atoms with Gasteiger partial charge in [0.05, 0.1) is 11.8 Å². The molecule has 7 nitrogen and oxygen atoms in total. The molecule has 0 aromatic rings. The van der Waals surface area contributed by atoms with Gasteiger partial charge < -0.3 is 20.7 Å². The van der Waals surface area contributed by atoms with E-state index in [1.165, 1.54) is 5.57 Å². The quantitative estimate of drug-likeness (QED) is 0.280. The van der Waals surface area contributed by atoms with E-state index in [4.69, 9.17) is 15.6 Å². The smallest absolute Gasteiger partial charge is 0.333 e. The lowest BCUT2D eigenvalue weighted by atomic mass is 9.33. The maximum Gasteiger partial charge on any atom is 0.333 e. The number of rotatable bonds is 5. The molecule has 0 saturated heterocycles. The van der Waals surface area contributed by atoms with E-state index in [9.17, 15) is 19.5 Å². The number of carboxylic acids is 1. The Morgan fingerprint density at radius 3 is 2.29 bits per heavy atom. The van der Waals surface area contributed by atoms with Gasteiger partial charge in [-0.1, -0.05) is 60.1 Å². The normalized spacial score (nSPS) is 47.4. The summed E-state index contributed by atoms with van der Waals surface area (Å²) in [5, 5.41) is 18.7. The van der Waals surface area contributed by atoms with E-state index >= 15 is 0 Å². The molecule has 11 atom stereocenters. The molecule has 7 heteroatoms. The molecule has 41 heavy (non-hydrogen) atoms. The van der Waals surface area contributed by atoms with Crippen LogP contribution >= 0.6 is 0 Å². The zero-order chi connectivity index (χ0) is 30.3. The molecule has 0 spiro atoms. The molecule has 5 rings (SSSR count). The number of aliphatic carboxylic acids is 1. The van der Waals surface area contributed by atoms with Gasteiger partial charge in [0.15, 0.2) is 6.10 Å². The van der Waals surface area contributed by atoms with Gasteiger partial charge in [0.1, 0.15) is 6.10 Å². The number of aliphatic hydroxyl groups excluding tert-OH is 1. The molecule has 230 valence electrons. The lowest BCUT2D eigenvalue weighted by Gasteiger charge is -2.71. The summed E-state index contributed by atoms with van der Waals surface area (Å²) in [6.45, 7) is 16.6.